The number of benzene rings is 1. The van der Waals surface area contributed by atoms with Gasteiger partial charge in [0.2, 0.25) is 17.6 Å². The molecular weight excluding hydrogens is 382 g/mol. The number of rotatable bonds is 7. The average molecular weight is 407 g/mol. The molecule has 1 unspecified atom stereocenters. The number of methoxy groups -OCH3 is 1. The first kappa shape index (κ1) is 19.9. The average Bonchev–Trinajstić information content (AvgIpc) is 3.28. The van der Waals surface area contributed by atoms with Crippen LogP contribution in [-0.4, -0.2) is 47.3 Å². The highest BCUT2D eigenvalue weighted by molar-refractivity contribution is 5.76. The maximum atomic E-state index is 12.5. The van der Waals surface area contributed by atoms with E-state index in [1.165, 1.54) is 0 Å². The summed E-state index contributed by atoms with van der Waals surface area (Å²) in [6.45, 7) is 1.71. The van der Waals surface area contributed by atoms with E-state index < -0.39 is 0 Å². The Hall–Kier alpha value is -3.42. The van der Waals surface area contributed by atoms with Gasteiger partial charge in [-0.1, -0.05) is 23.4 Å². The molecule has 1 aliphatic rings. The third-order valence-electron chi connectivity index (χ3n) is 5.14. The molecular formula is C22H25N5O3. The van der Waals surface area contributed by atoms with Crippen LogP contribution in [-0.2, 0) is 11.2 Å². The third kappa shape index (κ3) is 4.76. The van der Waals surface area contributed by atoms with Crippen LogP contribution in [0.1, 0.15) is 25.2 Å². The number of carbonyl (C=O) groups excluding carboxylic acids is 1. The molecule has 1 aliphatic heterocycles. The highest BCUT2D eigenvalue weighted by Crippen LogP contribution is 2.29. The van der Waals surface area contributed by atoms with E-state index in [0.29, 0.717) is 30.3 Å². The molecule has 1 atom stereocenters. The largest absolute Gasteiger partial charge is 0.495 e. The van der Waals surface area contributed by atoms with Crippen molar-refractivity contribution in [1.82, 2.24) is 20.4 Å². The molecule has 0 saturated carbocycles. The molecule has 1 aromatic carbocycles. The van der Waals surface area contributed by atoms with E-state index in [2.05, 4.69) is 31.4 Å². The monoisotopic (exact) mass is 407 g/mol. The van der Waals surface area contributed by atoms with Gasteiger partial charge in [-0.25, -0.2) is 0 Å². The van der Waals surface area contributed by atoms with Gasteiger partial charge in [0.15, 0.2) is 0 Å². The molecule has 1 saturated heterocycles. The van der Waals surface area contributed by atoms with Gasteiger partial charge in [-0.2, -0.15) is 4.98 Å². The Morgan fingerprint density at radius 3 is 2.97 bits per heavy atom. The first-order chi connectivity index (χ1) is 14.7. The van der Waals surface area contributed by atoms with E-state index in [-0.39, 0.29) is 11.9 Å². The van der Waals surface area contributed by atoms with Gasteiger partial charge in [-0.05, 0) is 37.1 Å². The van der Waals surface area contributed by atoms with E-state index in [1.807, 2.05) is 36.4 Å². The summed E-state index contributed by atoms with van der Waals surface area (Å²) >= 11 is 0. The van der Waals surface area contributed by atoms with E-state index in [1.54, 1.807) is 13.3 Å². The van der Waals surface area contributed by atoms with E-state index in [0.717, 1.165) is 37.4 Å². The predicted octanol–water partition coefficient (Wildman–Crippen LogP) is 2.86. The molecule has 1 fully saturated rings. The smallest absolute Gasteiger partial charge is 0.227 e. The molecule has 156 valence electrons. The number of amides is 1. The van der Waals surface area contributed by atoms with Gasteiger partial charge in [-0.3, -0.25) is 9.78 Å². The Morgan fingerprint density at radius 1 is 1.27 bits per heavy atom. The molecule has 3 heterocycles. The van der Waals surface area contributed by atoms with Crippen molar-refractivity contribution in [2.45, 2.75) is 31.7 Å². The first-order valence-electron chi connectivity index (χ1n) is 10.1. The van der Waals surface area contributed by atoms with Crippen molar-refractivity contribution in [3.63, 3.8) is 0 Å². The van der Waals surface area contributed by atoms with Gasteiger partial charge in [0.25, 0.3) is 0 Å². The third-order valence-corrected chi connectivity index (χ3v) is 5.14. The van der Waals surface area contributed by atoms with Crippen molar-refractivity contribution in [1.29, 1.82) is 0 Å². The molecule has 8 nitrogen and oxygen atoms in total. The number of hydrogen-bond donors (Lipinski definition) is 1. The van der Waals surface area contributed by atoms with Crippen LogP contribution in [0, 0.1) is 0 Å². The molecule has 0 bridgehead atoms. The Morgan fingerprint density at radius 2 is 2.13 bits per heavy atom. The Balaban J connectivity index is 1.29. The number of para-hydroxylation sites is 2. The minimum atomic E-state index is -0.0144. The number of aromatic nitrogens is 3. The van der Waals surface area contributed by atoms with Crippen molar-refractivity contribution >= 4 is 11.6 Å². The number of nitrogens with zero attached hydrogens (tertiary/aromatic N) is 4. The lowest BCUT2D eigenvalue weighted by Gasteiger charge is -2.35. The predicted molar refractivity (Wildman–Crippen MR) is 112 cm³/mol. The maximum absolute atomic E-state index is 12.5. The quantitative estimate of drug-likeness (QED) is 0.644. The van der Waals surface area contributed by atoms with Crippen LogP contribution in [0.15, 0.2) is 53.2 Å². The zero-order valence-electron chi connectivity index (χ0n) is 17.0. The molecule has 4 rings (SSSR count). The fourth-order valence-corrected chi connectivity index (χ4v) is 3.68. The van der Waals surface area contributed by atoms with Crippen molar-refractivity contribution in [2.75, 3.05) is 25.1 Å². The van der Waals surface area contributed by atoms with Gasteiger partial charge in [0, 0.05) is 38.2 Å². The number of ether oxygens (including phenoxy) is 1. The van der Waals surface area contributed by atoms with Crippen LogP contribution in [0.25, 0.3) is 11.5 Å². The molecule has 0 aliphatic carbocycles. The topological polar surface area (TPSA) is 93.4 Å². The van der Waals surface area contributed by atoms with Crippen molar-refractivity contribution < 1.29 is 14.1 Å². The minimum Gasteiger partial charge on any atom is -0.495 e. The van der Waals surface area contributed by atoms with Gasteiger partial charge < -0.3 is 19.5 Å². The molecule has 30 heavy (non-hydrogen) atoms. The number of aryl methyl sites for hydroxylation is 1. The normalized spacial score (nSPS) is 16.3. The molecule has 0 radical (unpaired) electrons. The SMILES string of the molecule is COc1ccccc1N1CCCC(NC(=O)CCc2nc(-c3ccccn3)no2)C1. The van der Waals surface area contributed by atoms with Crippen LogP contribution in [0.3, 0.4) is 0 Å². The second-order valence-corrected chi connectivity index (χ2v) is 7.25. The lowest BCUT2D eigenvalue weighted by Crippen LogP contribution is -2.48. The van der Waals surface area contributed by atoms with Crippen LogP contribution >= 0.6 is 0 Å². The minimum absolute atomic E-state index is 0.0144. The van der Waals surface area contributed by atoms with Crippen LogP contribution < -0.4 is 15.0 Å². The van der Waals surface area contributed by atoms with E-state index >= 15 is 0 Å². The lowest BCUT2D eigenvalue weighted by atomic mass is 10.0. The number of carbonyl (C=O) groups is 1. The molecule has 1 amide bonds. The lowest BCUT2D eigenvalue weighted by molar-refractivity contribution is -0.121. The number of hydrogen-bond acceptors (Lipinski definition) is 7. The van der Waals surface area contributed by atoms with Crippen LogP contribution in [0.5, 0.6) is 5.75 Å². The Labute approximate surface area is 175 Å². The van der Waals surface area contributed by atoms with Crippen LogP contribution in [0.4, 0.5) is 5.69 Å². The number of piperidine rings is 1. The molecule has 2 aromatic heterocycles. The summed E-state index contributed by atoms with van der Waals surface area (Å²) in [6, 6.07) is 13.6. The Kier molecular flexibility index (Phi) is 6.22. The van der Waals surface area contributed by atoms with Crippen molar-refractivity contribution in [2.24, 2.45) is 0 Å². The highest BCUT2D eigenvalue weighted by Gasteiger charge is 2.23. The highest BCUT2D eigenvalue weighted by atomic mass is 16.5. The van der Waals surface area contributed by atoms with Gasteiger partial charge >= 0.3 is 0 Å². The summed E-state index contributed by atoms with van der Waals surface area (Å²) in [7, 11) is 1.68. The molecule has 0 spiro atoms. The first-order valence-corrected chi connectivity index (χ1v) is 10.1. The summed E-state index contributed by atoms with van der Waals surface area (Å²) in [6.07, 6.45) is 4.35. The number of anilines is 1. The summed E-state index contributed by atoms with van der Waals surface area (Å²) in [4.78, 5) is 23.3. The van der Waals surface area contributed by atoms with Gasteiger partial charge in [0.1, 0.15) is 11.4 Å². The Bertz CT molecular complexity index is 976. The number of pyridine rings is 1. The van der Waals surface area contributed by atoms with E-state index in [4.69, 9.17) is 9.26 Å². The zero-order valence-corrected chi connectivity index (χ0v) is 17.0. The van der Waals surface area contributed by atoms with Gasteiger partial charge in [0.05, 0.1) is 12.8 Å². The fourth-order valence-electron chi connectivity index (χ4n) is 3.68. The summed E-state index contributed by atoms with van der Waals surface area (Å²) in [5.41, 5.74) is 1.71. The summed E-state index contributed by atoms with van der Waals surface area (Å²) < 4.78 is 10.7. The zero-order chi connectivity index (χ0) is 20.8. The van der Waals surface area contributed by atoms with E-state index in [9.17, 15) is 4.79 Å². The van der Waals surface area contributed by atoms with Gasteiger partial charge in [-0.15, -0.1) is 0 Å². The molecule has 8 heteroatoms. The van der Waals surface area contributed by atoms with Crippen molar-refractivity contribution in [3.8, 4) is 17.3 Å². The maximum Gasteiger partial charge on any atom is 0.227 e. The van der Waals surface area contributed by atoms with Crippen molar-refractivity contribution in [3.05, 3.63) is 54.6 Å². The number of nitrogens with one attached hydrogen (secondary N) is 1. The van der Waals surface area contributed by atoms with Crippen LogP contribution in [0.2, 0.25) is 0 Å². The standard InChI is InChI=1S/C22H25N5O3/c1-29-19-10-3-2-9-18(19)27-14-6-7-16(15-27)24-20(28)11-12-21-25-22(26-30-21)17-8-4-5-13-23-17/h2-5,8-10,13,16H,6-7,11-12,14-15H2,1H3,(H,24,28). The fraction of sp³-hybridized carbons (Fsp3) is 0.364. The second-order valence-electron chi connectivity index (χ2n) is 7.25. The molecule has 3 aromatic rings. The second kappa shape index (κ2) is 9.39. The summed E-state index contributed by atoms with van der Waals surface area (Å²) in [5, 5.41) is 7.08. The molecule has 1 N–H and O–H groups in total. The summed E-state index contributed by atoms with van der Waals surface area (Å²) in [5.74, 6) is 1.71.